The molecule has 0 bridgehead atoms. The lowest BCUT2D eigenvalue weighted by atomic mass is 9.95. The number of aromatic nitrogens is 3. The Morgan fingerprint density at radius 3 is 2.88 bits per heavy atom. The van der Waals surface area contributed by atoms with E-state index in [0.717, 1.165) is 36.8 Å². The molecule has 3 saturated heterocycles. The Bertz CT molecular complexity index is 1940. The van der Waals surface area contributed by atoms with Crippen LogP contribution < -0.4 is 25.7 Å². The number of hydrogen-bond acceptors (Lipinski definition) is 9. The van der Waals surface area contributed by atoms with Crippen LogP contribution in [0.4, 0.5) is 18.2 Å². The lowest BCUT2D eigenvalue weighted by Gasteiger charge is -2.38. The summed E-state index contributed by atoms with van der Waals surface area (Å²) >= 11 is 0.878. The molecule has 3 fully saturated rings. The molecule has 0 unspecified atom stereocenters. The summed E-state index contributed by atoms with van der Waals surface area (Å²) in [6.45, 7) is 3.03. The summed E-state index contributed by atoms with van der Waals surface area (Å²) in [6.07, 6.45) is 2.84. The molecule has 1 aromatic carbocycles. The molecule has 2 N–H and O–H groups in total. The van der Waals surface area contributed by atoms with E-state index < -0.39 is 28.9 Å². The van der Waals surface area contributed by atoms with Crippen LogP contribution in [-0.4, -0.2) is 71.7 Å². The van der Waals surface area contributed by atoms with Gasteiger partial charge in [0.15, 0.2) is 17.5 Å². The maximum Gasteiger partial charge on any atom is 0.345 e. The van der Waals surface area contributed by atoms with E-state index >= 15 is 4.39 Å². The fourth-order valence-electron chi connectivity index (χ4n) is 7.24. The monoisotopic (exact) mass is 610 g/mol. The van der Waals surface area contributed by atoms with Crippen LogP contribution >= 0.6 is 11.3 Å². The Kier molecular flexibility index (Phi) is 5.92. The number of alkyl halides is 1. The lowest BCUT2D eigenvalue weighted by molar-refractivity contribution is -0.682. The van der Waals surface area contributed by atoms with Gasteiger partial charge in [0.2, 0.25) is 0 Å². The number of hydrogen-bond donors (Lipinski definition) is 1. The minimum Gasteiger partial charge on any atom is -0.473 e. The van der Waals surface area contributed by atoms with Gasteiger partial charge >= 0.3 is 11.2 Å². The van der Waals surface area contributed by atoms with Gasteiger partial charge in [0.1, 0.15) is 47.8 Å². The first-order chi connectivity index (χ1) is 20.8. The van der Waals surface area contributed by atoms with Gasteiger partial charge in [-0.3, -0.25) is 4.90 Å². The van der Waals surface area contributed by atoms with E-state index in [1.165, 1.54) is 10.6 Å². The molecule has 0 amide bonds. The van der Waals surface area contributed by atoms with Gasteiger partial charge in [-0.1, -0.05) is 6.07 Å². The predicted octanol–water partition coefficient (Wildman–Crippen LogP) is 2.60. The number of anilines is 1. The molecule has 0 saturated carbocycles. The predicted molar refractivity (Wildman–Crippen MR) is 152 cm³/mol. The second-order valence-corrected chi connectivity index (χ2v) is 12.8. The SMILES string of the molecule is N#Cc1c(N)sc2c(F)ccc(-c3c(F)c4nc(OC[C@@]56CCCN5C[C@H](F)C6)c[n+]5c4n(c3=O)CCN5C3COC3)c12. The van der Waals surface area contributed by atoms with Crippen LogP contribution in [0.1, 0.15) is 24.8 Å². The van der Waals surface area contributed by atoms with Crippen molar-refractivity contribution in [1.29, 1.82) is 5.26 Å². The average Bonchev–Trinajstić information content (AvgIpc) is 3.60. The van der Waals surface area contributed by atoms with Gasteiger partial charge in [0.25, 0.3) is 5.88 Å². The van der Waals surface area contributed by atoms with Crippen molar-refractivity contribution >= 4 is 37.6 Å². The highest BCUT2D eigenvalue weighted by atomic mass is 32.1. The van der Waals surface area contributed by atoms with E-state index in [1.807, 2.05) is 11.1 Å². The fourth-order valence-corrected chi connectivity index (χ4v) is 8.19. The van der Waals surface area contributed by atoms with Gasteiger partial charge in [-0.05, 0) is 25.5 Å². The van der Waals surface area contributed by atoms with Crippen molar-refractivity contribution in [3.8, 4) is 23.1 Å². The molecule has 4 aromatic rings. The number of nitrogen functional groups attached to an aromatic ring is 1. The number of nitrogens with zero attached hydrogens (tertiary/aromatic N) is 6. The number of rotatable bonds is 5. The van der Waals surface area contributed by atoms with Crippen molar-refractivity contribution in [3.05, 3.63) is 45.9 Å². The number of nitriles is 1. The normalized spacial score (nSPS) is 23.6. The molecule has 8 rings (SSSR count). The van der Waals surface area contributed by atoms with Crippen LogP contribution in [0.25, 0.3) is 32.4 Å². The third-order valence-corrected chi connectivity index (χ3v) is 10.4. The third-order valence-electron chi connectivity index (χ3n) is 9.35. The van der Waals surface area contributed by atoms with Crippen LogP contribution in [0, 0.1) is 23.0 Å². The smallest absolute Gasteiger partial charge is 0.345 e. The molecule has 10 nitrogen and oxygen atoms in total. The molecule has 14 heteroatoms. The van der Waals surface area contributed by atoms with Crippen LogP contribution in [0.3, 0.4) is 0 Å². The van der Waals surface area contributed by atoms with Crippen molar-refractivity contribution in [2.24, 2.45) is 0 Å². The molecule has 43 heavy (non-hydrogen) atoms. The molecule has 4 aliphatic heterocycles. The van der Waals surface area contributed by atoms with Crippen LogP contribution in [0.5, 0.6) is 5.88 Å². The highest BCUT2D eigenvalue weighted by molar-refractivity contribution is 7.23. The van der Waals surface area contributed by atoms with Crippen LogP contribution in [0.15, 0.2) is 23.1 Å². The summed E-state index contributed by atoms with van der Waals surface area (Å²) < 4.78 is 60.9. The molecule has 0 spiro atoms. The minimum atomic E-state index is -0.926. The van der Waals surface area contributed by atoms with Gasteiger partial charge in [0, 0.05) is 23.9 Å². The summed E-state index contributed by atoms with van der Waals surface area (Å²) in [5.41, 5.74) is 4.86. The minimum absolute atomic E-state index is 0.00795. The number of halogens is 3. The van der Waals surface area contributed by atoms with Crippen molar-refractivity contribution in [3.63, 3.8) is 0 Å². The van der Waals surface area contributed by atoms with E-state index in [0.29, 0.717) is 32.7 Å². The Hall–Kier alpha value is -3.93. The maximum atomic E-state index is 16.8. The lowest BCUT2D eigenvalue weighted by Crippen LogP contribution is -2.71. The van der Waals surface area contributed by atoms with E-state index in [1.54, 1.807) is 10.9 Å². The van der Waals surface area contributed by atoms with Crippen molar-refractivity contribution in [2.75, 3.05) is 50.2 Å². The second-order valence-electron chi connectivity index (χ2n) is 11.7. The highest BCUT2D eigenvalue weighted by Gasteiger charge is 2.49. The summed E-state index contributed by atoms with van der Waals surface area (Å²) in [7, 11) is 0. The standard InChI is InChI=1S/C29H27F3N7O3S/c30-15-8-29(4-1-5-36(29)10-15)14-42-20-11-39-27-24(35-20)23(32)22(28(40)37(27)6-7-38(39)16-12-41-13-16)17-2-3-19(31)25-21(17)18(9-33)26(34)43-25/h2-3,11,15-16H,1,4-8,10,12-14,34H2/q+1/t15-,29+/m1/s1. The third kappa shape index (κ3) is 3.81. The van der Waals surface area contributed by atoms with Crippen LogP contribution in [-0.2, 0) is 11.3 Å². The maximum absolute atomic E-state index is 16.8. The number of benzene rings is 1. The number of pyridine rings is 1. The molecule has 222 valence electrons. The number of ether oxygens (including phenoxy) is 2. The average molecular weight is 611 g/mol. The van der Waals surface area contributed by atoms with Gasteiger partial charge < -0.3 is 15.2 Å². The van der Waals surface area contributed by atoms with Gasteiger partial charge in [-0.2, -0.15) is 14.8 Å². The second kappa shape index (κ2) is 9.54. The molecule has 4 aliphatic rings. The van der Waals surface area contributed by atoms with Crippen molar-refractivity contribution < 1.29 is 27.3 Å². The summed E-state index contributed by atoms with van der Waals surface area (Å²) in [4.78, 5) is 20.7. The quantitative estimate of drug-likeness (QED) is 0.343. The van der Waals surface area contributed by atoms with E-state index in [9.17, 15) is 18.8 Å². The molecule has 0 aliphatic carbocycles. The number of thiophene rings is 1. The Balaban J connectivity index is 1.33. The zero-order valence-corrected chi connectivity index (χ0v) is 23.8. The zero-order chi connectivity index (χ0) is 29.6. The summed E-state index contributed by atoms with van der Waals surface area (Å²) in [6, 6.07) is 4.45. The molecule has 7 heterocycles. The molecule has 2 atom stereocenters. The van der Waals surface area contributed by atoms with Crippen LogP contribution in [0.2, 0.25) is 0 Å². The van der Waals surface area contributed by atoms with Crippen molar-refractivity contribution in [2.45, 2.75) is 43.6 Å². The molecule has 3 aromatic heterocycles. The van der Waals surface area contributed by atoms with E-state index in [4.69, 9.17) is 15.2 Å². The van der Waals surface area contributed by atoms with Gasteiger partial charge in [-0.15, -0.1) is 16.0 Å². The Morgan fingerprint density at radius 1 is 1.28 bits per heavy atom. The first-order valence-corrected chi connectivity index (χ1v) is 15.1. The Morgan fingerprint density at radius 2 is 2.12 bits per heavy atom. The molecular formula is C29H27F3N7O3S+. The molecular weight excluding hydrogens is 583 g/mol. The van der Waals surface area contributed by atoms with E-state index in [2.05, 4.69) is 9.88 Å². The van der Waals surface area contributed by atoms with Gasteiger partial charge in [-0.25, -0.2) is 23.0 Å². The van der Waals surface area contributed by atoms with Gasteiger partial charge in [0.05, 0.1) is 35.6 Å². The van der Waals surface area contributed by atoms with Crippen molar-refractivity contribution in [1.82, 2.24) is 14.5 Å². The fraction of sp³-hybridized carbons (Fsp3) is 0.448. The molecule has 0 radical (unpaired) electrons. The highest BCUT2D eigenvalue weighted by Crippen LogP contribution is 2.42. The largest absolute Gasteiger partial charge is 0.473 e. The zero-order valence-electron chi connectivity index (χ0n) is 23.0. The number of nitrogens with two attached hydrogens (primary N) is 1. The summed E-state index contributed by atoms with van der Waals surface area (Å²) in [5, 5.41) is 12.0. The first-order valence-electron chi connectivity index (χ1n) is 14.3. The number of fused-ring (bicyclic) bond motifs is 2. The Labute approximate surface area is 247 Å². The topological polar surface area (TPSA) is 114 Å². The summed E-state index contributed by atoms with van der Waals surface area (Å²) in [5.74, 6) is -1.39. The first kappa shape index (κ1) is 26.7. The van der Waals surface area contributed by atoms with E-state index in [-0.39, 0.29) is 68.0 Å².